The van der Waals surface area contributed by atoms with E-state index in [9.17, 15) is 21.6 Å². The number of alkyl halides is 3. The molecule has 0 aromatic heterocycles. The van der Waals surface area contributed by atoms with Crippen LogP contribution < -0.4 is 4.72 Å². The maximum atomic E-state index is 12.6. The fourth-order valence-electron chi connectivity index (χ4n) is 1.31. The molecule has 0 radical (unpaired) electrons. The van der Waals surface area contributed by atoms with Crippen molar-refractivity contribution in [2.75, 3.05) is 0 Å². The summed E-state index contributed by atoms with van der Waals surface area (Å²) in [6, 6.07) is 4.61. The highest BCUT2D eigenvalue weighted by Gasteiger charge is 2.32. The first-order valence-corrected chi connectivity index (χ1v) is 6.59. The van der Waals surface area contributed by atoms with E-state index < -0.39 is 21.8 Å². The van der Waals surface area contributed by atoms with Crippen molar-refractivity contribution >= 4 is 21.9 Å². The molecule has 0 aliphatic heterocycles. The average Bonchev–Trinajstić information content (AvgIpc) is 2.24. The van der Waals surface area contributed by atoms with Gasteiger partial charge in [-0.1, -0.05) is 18.2 Å². The van der Waals surface area contributed by atoms with Crippen molar-refractivity contribution in [3.8, 4) is 0 Å². The lowest BCUT2D eigenvalue weighted by Crippen LogP contribution is -2.25. The smallest absolute Gasteiger partial charge is 0.288 e. The summed E-state index contributed by atoms with van der Waals surface area (Å²) >= 11 is 0. The predicted octanol–water partition coefficient (Wildman–Crippen LogP) is 2.59. The van der Waals surface area contributed by atoms with Gasteiger partial charge in [0.1, 0.15) is 5.84 Å². The van der Waals surface area contributed by atoms with E-state index in [0.717, 1.165) is 18.2 Å². The first-order chi connectivity index (χ1) is 8.62. The minimum absolute atomic E-state index is 0.261. The highest BCUT2D eigenvalue weighted by Crippen LogP contribution is 2.32. The van der Waals surface area contributed by atoms with Gasteiger partial charge in [-0.2, -0.15) is 13.2 Å². The van der Waals surface area contributed by atoms with Gasteiger partial charge in [-0.05, 0) is 24.6 Å². The molecule has 1 aromatic rings. The van der Waals surface area contributed by atoms with E-state index in [0.29, 0.717) is 5.41 Å². The van der Waals surface area contributed by atoms with Gasteiger partial charge in [0, 0.05) is 0 Å². The standard InChI is InChI=1S/C11H11F3N2O2S/c1-8(15)16-19(17,18)7-6-9-4-2-3-5-10(9)11(12,13)14/h2-7H,1H3,(H2,15,16)/b7-6+. The van der Waals surface area contributed by atoms with Gasteiger partial charge < -0.3 is 0 Å². The Hall–Kier alpha value is -1.83. The molecule has 0 spiro atoms. The summed E-state index contributed by atoms with van der Waals surface area (Å²) in [5.41, 5.74) is -1.18. The second-order valence-electron chi connectivity index (χ2n) is 3.66. The molecule has 0 saturated carbocycles. The third-order valence-corrected chi connectivity index (χ3v) is 3.07. The van der Waals surface area contributed by atoms with Crippen molar-refractivity contribution < 1.29 is 21.6 Å². The van der Waals surface area contributed by atoms with Gasteiger partial charge in [0.15, 0.2) is 0 Å². The van der Waals surface area contributed by atoms with Crippen LogP contribution >= 0.6 is 0 Å². The van der Waals surface area contributed by atoms with Crippen LogP contribution in [0.2, 0.25) is 0 Å². The lowest BCUT2D eigenvalue weighted by atomic mass is 10.1. The maximum Gasteiger partial charge on any atom is 0.416 e. The van der Waals surface area contributed by atoms with Gasteiger partial charge in [-0.3, -0.25) is 10.1 Å². The van der Waals surface area contributed by atoms with Gasteiger partial charge in [0.05, 0.1) is 11.0 Å². The minimum atomic E-state index is -4.56. The number of sulfonamides is 1. The second-order valence-corrected chi connectivity index (χ2v) is 5.23. The number of hydrogen-bond acceptors (Lipinski definition) is 3. The molecule has 0 unspecified atom stereocenters. The summed E-state index contributed by atoms with van der Waals surface area (Å²) in [6.45, 7) is 1.20. The van der Waals surface area contributed by atoms with E-state index in [1.165, 1.54) is 19.1 Å². The Kier molecular flexibility index (Phi) is 4.35. The number of benzene rings is 1. The molecule has 19 heavy (non-hydrogen) atoms. The zero-order valence-corrected chi connectivity index (χ0v) is 10.6. The van der Waals surface area contributed by atoms with E-state index in [4.69, 9.17) is 5.41 Å². The van der Waals surface area contributed by atoms with Gasteiger partial charge in [-0.15, -0.1) is 0 Å². The van der Waals surface area contributed by atoms with Crippen LogP contribution in [-0.2, 0) is 16.2 Å². The second kappa shape index (κ2) is 5.43. The van der Waals surface area contributed by atoms with Crippen LogP contribution in [0, 0.1) is 5.41 Å². The predicted molar refractivity (Wildman–Crippen MR) is 65.9 cm³/mol. The highest BCUT2D eigenvalue weighted by atomic mass is 32.2. The van der Waals surface area contributed by atoms with E-state index in [2.05, 4.69) is 0 Å². The number of amidine groups is 1. The minimum Gasteiger partial charge on any atom is -0.288 e. The molecule has 8 heteroatoms. The average molecular weight is 292 g/mol. The molecule has 2 N–H and O–H groups in total. The molecule has 0 heterocycles. The Labute approximate surface area is 108 Å². The Morgan fingerprint density at radius 1 is 1.32 bits per heavy atom. The van der Waals surface area contributed by atoms with Crippen LogP contribution in [0.25, 0.3) is 6.08 Å². The molecule has 0 amide bonds. The molecule has 0 fully saturated rings. The first kappa shape index (κ1) is 15.2. The molecule has 0 saturated heterocycles. The zero-order chi connectivity index (χ0) is 14.7. The van der Waals surface area contributed by atoms with Crippen molar-refractivity contribution in [2.45, 2.75) is 13.1 Å². The normalized spacial score (nSPS) is 12.6. The molecule has 1 rings (SSSR count). The summed E-state index contributed by atoms with van der Waals surface area (Å²) in [5.74, 6) is -0.325. The Morgan fingerprint density at radius 2 is 1.89 bits per heavy atom. The van der Waals surface area contributed by atoms with Crippen molar-refractivity contribution in [1.29, 1.82) is 5.41 Å². The van der Waals surface area contributed by atoms with Gasteiger partial charge >= 0.3 is 6.18 Å². The topological polar surface area (TPSA) is 70.0 Å². The number of rotatable bonds is 3. The third-order valence-electron chi connectivity index (χ3n) is 1.99. The van der Waals surface area contributed by atoms with Crippen LogP contribution in [0.3, 0.4) is 0 Å². The fourth-order valence-corrected chi connectivity index (χ4v) is 2.13. The lowest BCUT2D eigenvalue weighted by Gasteiger charge is -2.09. The maximum absolute atomic E-state index is 12.6. The van der Waals surface area contributed by atoms with Crippen molar-refractivity contribution in [2.24, 2.45) is 0 Å². The van der Waals surface area contributed by atoms with E-state index in [1.54, 1.807) is 0 Å². The van der Waals surface area contributed by atoms with Gasteiger partial charge in [0.25, 0.3) is 10.0 Å². The largest absolute Gasteiger partial charge is 0.416 e. The zero-order valence-electron chi connectivity index (χ0n) is 9.82. The molecule has 4 nitrogen and oxygen atoms in total. The van der Waals surface area contributed by atoms with Crippen molar-refractivity contribution in [3.63, 3.8) is 0 Å². The van der Waals surface area contributed by atoms with E-state index >= 15 is 0 Å². The van der Waals surface area contributed by atoms with E-state index in [-0.39, 0.29) is 11.4 Å². The molecule has 1 aromatic carbocycles. The van der Waals surface area contributed by atoms with E-state index in [1.807, 2.05) is 4.72 Å². The van der Waals surface area contributed by atoms with Crippen LogP contribution in [0.4, 0.5) is 13.2 Å². The third kappa shape index (κ3) is 4.74. The quantitative estimate of drug-likeness (QED) is 0.664. The lowest BCUT2D eigenvalue weighted by molar-refractivity contribution is -0.137. The SMILES string of the molecule is CC(=N)NS(=O)(=O)/C=C/c1ccccc1C(F)(F)F. The first-order valence-electron chi connectivity index (χ1n) is 5.04. The van der Waals surface area contributed by atoms with Crippen LogP contribution in [-0.4, -0.2) is 14.3 Å². The van der Waals surface area contributed by atoms with Gasteiger partial charge in [0.2, 0.25) is 0 Å². The Morgan fingerprint density at radius 3 is 2.42 bits per heavy atom. The fraction of sp³-hybridized carbons (Fsp3) is 0.182. The molecule has 0 bridgehead atoms. The highest BCUT2D eigenvalue weighted by molar-refractivity contribution is 7.93. The molecule has 0 aliphatic rings. The molecular formula is C11H11F3N2O2S. The molecule has 104 valence electrons. The van der Waals surface area contributed by atoms with Crippen LogP contribution in [0.15, 0.2) is 29.7 Å². The summed E-state index contributed by atoms with van der Waals surface area (Å²) in [6.07, 6.45) is -3.72. The van der Waals surface area contributed by atoms with Gasteiger partial charge in [-0.25, -0.2) is 8.42 Å². The molecule has 0 aliphatic carbocycles. The summed E-state index contributed by atoms with van der Waals surface area (Å²) in [4.78, 5) is 0. The Bertz CT molecular complexity index is 607. The summed E-state index contributed by atoms with van der Waals surface area (Å²) < 4.78 is 62.5. The summed E-state index contributed by atoms with van der Waals surface area (Å²) in [5, 5.41) is 7.56. The molecular weight excluding hydrogens is 281 g/mol. The van der Waals surface area contributed by atoms with Crippen molar-refractivity contribution in [1.82, 2.24) is 4.72 Å². The number of hydrogen-bond donors (Lipinski definition) is 2. The van der Waals surface area contributed by atoms with Crippen LogP contribution in [0.1, 0.15) is 18.1 Å². The molecule has 0 atom stereocenters. The Balaban J connectivity index is 3.11. The number of nitrogens with one attached hydrogen (secondary N) is 2. The van der Waals surface area contributed by atoms with Crippen molar-refractivity contribution in [3.05, 3.63) is 40.8 Å². The summed E-state index contributed by atoms with van der Waals surface area (Å²) in [7, 11) is -3.96. The van der Waals surface area contributed by atoms with Crippen LogP contribution in [0.5, 0.6) is 0 Å². The monoisotopic (exact) mass is 292 g/mol. The number of halogens is 3.